The Morgan fingerprint density at radius 1 is 1.12 bits per heavy atom. The largest absolute Gasteiger partial charge is 0.467 e. The molecule has 1 aromatic carbocycles. The summed E-state index contributed by atoms with van der Waals surface area (Å²) < 4.78 is 10.4. The summed E-state index contributed by atoms with van der Waals surface area (Å²) >= 11 is 1.16. The number of benzene rings is 1. The average Bonchev–Trinajstić information content (AvgIpc) is 2.57. The highest BCUT2D eigenvalue weighted by Gasteiger charge is 2.49. The van der Waals surface area contributed by atoms with Gasteiger partial charge in [0, 0.05) is 12.7 Å². The summed E-state index contributed by atoms with van der Waals surface area (Å²) in [4.78, 5) is 35.2. The van der Waals surface area contributed by atoms with E-state index in [2.05, 4.69) is 5.32 Å². The Balaban J connectivity index is 3.17. The lowest BCUT2D eigenvalue weighted by atomic mass is 9.97. The summed E-state index contributed by atoms with van der Waals surface area (Å²) in [5.74, 6) is -1.14. The van der Waals surface area contributed by atoms with E-state index < -0.39 is 34.2 Å². The third kappa shape index (κ3) is 5.76. The molecule has 0 heterocycles. The molecular formula is C19H27NO5S. The number of thioether (sulfide) groups is 1. The summed E-state index contributed by atoms with van der Waals surface area (Å²) in [5.41, 5.74) is 0.224. The number of carbonyl (C=O) groups excluding carboxylic acids is 3. The molecule has 6 nitrogen and oxygen atoms in total. The van der Waals surface area contributed by atoms with E-state index >= 15 is 0 Å². The van der Waals surface area contributed by atoms with E-state index in [-0.39, 0.29) is 0 Å². The van der Waals surface area contributed by atoms with Crippen molar-refractivity contribution in [3.05, 3.63) is 35.9 Å². The molecule has 0 radical (unpaired) electrons. The van der Waals surface area contributed by atoms with Crippen LogP contribution >= 0.6 is 11.8 Å². The third-order valence-corrected chi connectivity index (χ3v) is 5.16. The first-order chi connectivity index (χ1) is 12.0. The van der Waals surface area contributed by atoms with Crippen LogP contribution in [0.5, 0.6) is 0 Å². The maximum absolute atomic E-state index is 12.6. The van der Waals surface area contributed by atoms with Gasteiger partial charge in [0.15, 0.2) is 0 Å². The van der Waals surface area contributed by atoms with E-state index in [0.29, 0.717) is 5.75 Å². The van der Waals surface area contributed by atoms with Crippen LogP contribution in [0.4, 0.5) is 0 Å². The second kappa shape index (κ2) is 9.07. The Morgan fingerprint density at radius 3 is 2.15 bits per heavy atom. The summed E-state index contributed by atoms with van der Waals surface area (Å²) in [6, 6.07) is 9.49. The number of methoxy groups -OCH3 is 1. The average molecular weight is 381 g/mol. The maximum Gasteiger partial charge on any atom is 0.346 e. The van der Waals surface area contributed by atoms with E-state index in [1.54, 1.807) is 27.7 Å². The van der Waals surface area contributed by atoms with Crippen molar-refractivity contribution in [3.8, 4) is 0 Å². The van der Waals surface area contributed by atoms with Gasteiger partial charge < -0.3 is 14.8 Å². The van der Waals surface area contributed by atoms with Gasteiger partial charge in [-0.2, -0.15) is 0 Å². The molecule has 0 bridgehead atoms. The van der Waals surface area contributed by atoms with Crippen molar-refractivity contribution in [2.75, 3.05) is 7.11 Å². The summed E-state index contributed by atoms with van der Waals surface area (Å²) in [6.07, 6.45) is -0.931. The molecule has 2 atom stereocenters. The van der Waals surface area contributed by atoms with Crippen LogP contribution < -0.4 is 5.32 Å². The minimum Gasteiger partial charge on any atom is -0.467 e. The second-order valence-electron chi connectivity index (χ2n) is 6.98. The van der Waals surface area contributed by atoms with Gasteiger partial charge in [0.05, 0.1) is 12.5 Å². The van der Waals surface area contributed by atoms with Gasteiger partial charge in [0.1, 0.15) is 6.10 Å². The van der Waals surface area contributed by atoms with Crippen LogP contribution in [-0.2, 0) is 29.6 Å². The fraction of sp³-hybridized carbons (Fsp3) is 0.526. The molecule has 26 heavy (non-hydrogen) atoms. The number of ether oxygens (including phenoxy) is 2. The number of carbonyl (C=O) groups is 3. The molecule has 0 saturated carbocycles. The smallest absolute Gasteiger partial charge is 0.346 e. The highest BCUT2D eigenvalue weighted by atomic mass is 32.2. The predicted octanol–water partition coefficient (Wildman–Crippen LogP) is 2.90. The first kappa shape index (κ1) is 22.0. The molecule has 0 saturated heterocycles. The first-order valence-electron chi connectivity index (χ1n) is 8.29. The van der Waals surface area contributed by atoms with Gasteiger partial charge in [0.2, 0.25) is 10.8 Å². The van der Waals surface area contributed by atoms with Crippen LogP contribution in [-0.4, -0.2) is 35.9 Å². The zero-order valence-electron chi connectivity index (χ0n) is 16.1. The van der Waals surface area contributed by atoms with Gasteiger partial charge in [-0.1, -0.05) is 30.3 Å². The van der Waals surface area contributed by atoms with E-state index in [1.165, 1.54) is 14.0 Å². The number of esters is 2. The molecule has 0 aliphatic carbocycles. The Kier molecular flexibility index (Phi) is 7.68. The second-order valence-corrected chi connectivity index (χ2v) is 8.20. The molecule has 1 rings (SSSR count). The van der Waals surface area contributed by atoms with Crippen molar-refractivity contribution in [2.24, 2.45) is 5.41 Å². The molecule has 0 aromatic heterocycles. The van der Waals surface area contributed by atoms with Crippen molar-refractivity contribution in [3.63, 3.8) is 0 Å². The monoisotopic (exact) mass is 381 g/mol. The number of nitrogens with one attached hydrogen (secondary N) is 1. The lowest BCUT2D eigenvalue weighted by Gasteiger charge is -2.36. The summed E-state index contributed by atoms with van der Waals surface area (Å²) in [5, 5.41) is 2.64. The fourth-order valence-electron chi connectivity index (χ4n) is 2.14. The molecule has 0 unspecified atom stereocenters. The van der Waals surface area contributed by atoms with Crippen molar-refractivity contribution in [1.82, 2.24) is 5.32 Å². The van der Waals surface area contributed by atoms with Gasteiger partial charge in [-0.15, -0.1) is 11.8 Å². The normalized spacial score (nSPS) is 14.7. The Labute approximate surface area is 159 Å². The quantitative estimate of drug-likeness (QED) is 0.578. The molecule has 0 aliphatic heterocycles. The molecule has 144 valence electrons. The third-order valence-electron chi connectivity index (χ3n) is 3.63. The minimum absolute atomic E-state index is 0.422. The van der Waals surface area contributed by atoms with Crippen molar-refractivity contribution >= 4 is 29.6 Å². The van der Waals surface area contributed by atoms with Crippen molar-refractivity contribution in [2.45, 2.75) is 51.3 Å². The Bertz CT molecular complexity index is 641. The number of hydrogen-bond acceptors (Lipinski definition) is 6. The number of hydrogen-bond donors (Lipinski definition) is 1. The topological polar surface area (TPSA) is 81.7 Å². The van der Waals surface area contributed by atoms with Crippen LogP contribution in [0, 0.1) is 5.41 Å². The van der Waals surface area contributed by atoms with Crippen LogP contribution in [0.25, 0.3) is 0 Å². The van der Waals surface area contributed by atoms with Crippen molar-refractivity contribution in [1.29, 1.82) is 0 Å². The lowest BCUT2D eigenvalue weighted by Crippen LogP contribution is -2.60. The minimum atomic E-state index is -1.54. The molecule has 0 aliphatic rings. The molecule has 0 fully saturated rings. The van der Waals surface area contributed by atoms with E-state index in [1.807, 2.05) is 30.3 Å². The van der Waals surface area contributed by atoms with Gasteiger partial charge in [0.25, 0.3) is 0 Å². The van der Waals surface area contributed by atoms with E-state index in [4.69, 9.17) is 9.47 Å². The van der Waals surface area contributed by atoms with Gasteiger partial charge in [-0.05, 0) is 33.3 Å². The SMILES string of the molecule is COC(=O)[C@@](NC(C)=O)(SCc1ccccc1)[C@@H](C)OC(=O)C(C)(C)C. The lowest BCUT2D eigenvalue weighted by molar-refractivity contribution is -0.165. The highest BCUT2D eigenvalue weighted by Crippen LogP contribution is 2.34. The molecule has 1 N–H and O–H groups in total. The van der Waals surface area contributed by atoms with Gasteiger partial charge >= 0.3 is 11.9 Å². The van der Waals surface area contributed by atoms with Crippen LogP contribution in [0.1, 0.15) is 40.2 Å². The zero-order valence-corrected chi connectivity index (χ0v) is 16.9. The molecule has 7 heteroatoms. The van der Waals surface area contributed by atoms with Crippen molar-refractivity contribution < 1.29 is 23.9 Å². The molecule has 0 spiro atoms. The molecular weight excluding hydrogens is 354 g/mol. The van der Waals surface area contributed by atoms with Crippen LogP contribution in [0.3, 0.4) is 0 Å². The van der Waals surface area contributed by atoms with Crippen LogP contribution in [0.15, 0.2) is 30.3 Å². The maximum atomic E-state index is 12.6. The first-order valence-corrected chi connectivity index (χ1v) is 9.27. The highest BCUT2D eigenvalue weighted by molar-refractivity contribution is 8.00. The zero-order chi connectivity index (χ0) is 20.0. The fourth-order valence-corrected chi connectivity index (χ4v) is 3.42. The van der Waals surface area contributed by atoms with Crippen LogP contribution in [0.2, 0.25) is 0 Å². The Morgan fingerprint density at radius 2 is 1.69 bits per heavy atom. The van der Waals surface area contributed by atoms with E-state index in [0.717, 1.165) is 17.3 Å². The number of amides is 1. The van der Waals surface area contributed by atoms with Gasteiger partial charge in [-0.25, -0.2) is 4.79 Å². The molecule has 1 amide bonds. The summed E-state index contributed by atoms with van der Waals surface area (Å²) in [6.45, 7) is 8.04. The number of rotatable bonds is 7. The summed E-state index contributed by atoms with van der Waals surface area (Å²) in [7, 11) is 1.24. The molecule has 1 aromatic rings. The van der Waals surface area contributed by atoms with E-state index in [9.17, 15) is 14.4 Å². The van der Waals surface area contributed by atoms with Gasteiger partial charge in [-0.3, -0.25) is 9.59 Å². The predicted molar refractivity (Wildman–Crippen MR) is 101 cm³/mol. The Hall–Kier alpha value is -2.02. The standard InChI is InChI=1S/C19H27NO5S/c1-13(25-16(22)18(3,4)5)19(17(23)24-6,20-14(2)21)26-12-15-10-8-7-9-11-15/h7-11,13H,12H2,1-6H3,(H,20,21)/t13-,19+/m1/s1.